The van der Waals surface area contributed by atoms with Crippen molar-refractivity contribution >= 4 is 0 Å². The van der Waals surface area contributed by atoms with Gasteiger partial charge in [0.15, 0.2) is 5.82 Å². The molecule has 0 fully saturated rings. The van der Waals surface area contributed by atoms with Gasteiger partial charge >= 0.3 is 0 Å². The predicted octanol–water partition coefficient (Wildman–Crippen LogP) is -0.467. The van der Waals surface area contributed by atoms with E-state index in [1.165, 1.54) is 4.80 Å². The molecule has 0 saturated heterocycles. The standard InChI is InChI=1S/C6H13N5/c1-5(4-7-2)6-8-10-11(3)9-6/h5,7H,4H2,1-3H3. The molecule has 1 aromatic rings. The molecule has 0 radical (unpaired) electrons. The maximum Gasteiger partial charge on any atom is 0.178 e. The first kappa shape index (κ1) is 8.13. The van der Waals surface area contributed by atoms with Crippen molar-refractivity contribution in [3.05, 3.63) is 5.82 Å². The maximum atomic E-state index is 4.08. The van der Waals surface area contributed by atoms with Crippen molar-refractivity contribution in [2.75, 3.05) is 13.6 Å². The summed E-state index contributed by atoms with van der Waals surface area (Å²) in [5, 5.41) is 14.8. The SMILES string of the molecule is CNCC(C)c1nnn(C)n1. The van der Waals surface area contributed by atoms with Gasteiger partial charge < -0.3 is 5.32 Å². The molecule has 11 heavy (non-hydrogen) atoms. The zero-order valence-corrected chi connectivity index (χ0v) is 7.07. The molecule has 0 aromatic carbocycles. The molecule has 0 spiro atoms. The summed E-state index contributed by atoms with van der Waals surface area (Å²) in [7, 11) is 3.68. The quantitative estimate of drug-likeness (QED) is 0.641. The molecule has 5 heteroatoms. The van der Waals surface area contributed by atoms with E-state index in [0.29, 0.717) is 5.92 Å². The Balaban J connectivity index is 2.60. The van der Waals surface area contributed by atoms with E-state index >= 15 is 0 Å². The average Bonchev–Trinajstić information content (AvgIpc) is 2.36. The van der Waals surface area contributed by atoms with Crippen LogP contribution in [0.4, 0.5) is 0 Å². The lowest BCUT2D eigenvalue weighted by atomic mass is 10.2. The summed E-state index contributed by atoms with van der Waals surface area (Å²) in [6.45, 7) is 2.94. The molecule has 62 valence electrons. The van der Waals surface area contributed by atoms with Gasteiger partial charge in [-0.2, -0.15) is 4.80 Å². The van der Waals surface area contributed by atoms with Crippen molar-refractivity contribution in [3.63, 3.8) is 0 Å². The molecule has 1 atom stereocenters. The van der Waals surface area contributed by atoms with Gasteiger partial charge in [0.1, 0.15) is 0 Å². The third-order valence-corrected chi connectivity index (χ3v) is 1.47. The number of aromatic nitrogens is 4. The summed E-state index contributed by atoms with van der Waals surface area (Å²) < 4.78 is 0. The van der Waals surface area contributed by atoms with Crippen LogP contribution < -0.4 is 5.32 Å². The monoisotopic (exact) mass is 155 g/mol. The van der Waals surface area contributed by atoms with Crippen LogP contribution in [0.15, 0.2) is 0 Å². The van der Waals surface area contributed by atoms with E-state index in [-0.39, 0.29) is 0 Å². The van der Waals surface area contributed by atoms with Gasteiger partial charge in [0.25, 0.3) is 0 Å². The van der Waals surface area contributed by atoms with Crippen LogP contribution >= 0.6 is 0 Å². The summed E-state index contributed by atoms with van der Waals surface area (Å²) in [6, 6.07) is 0. The fraction of sp³-hybridized carbons (Fsp3) is 0.833. The van der Waals surface area contributed by atoms with Crippen molar-refractivity contribution in [2.24, 2.45) is 7.05 Å². The first-order valence-corrected chi connectivity index (χ1v) is 3.62. The van der Waals surface area contributed by atoms with E-state index in [9.17, 15) is 0 Å². The summed E-state index contributed by atoms with van der Waals surface area (Å²) in [5.41, 5.74) is 0. The molecule has 1 rings (SSSR count). The Hall–Kier alpha value is -0.970. The molecule has 1 heterocycles. The second-order valence-electron chi connectivity index (χ2n) is 2.60. The number of rotatable bonds is 3. The van der Waals surface area contributed by atoms with E-state index in [1.54, 1.807) is 7.05 Å². The lowest BCUT2D eigenvalue weighted by Crippen LogP contribution is -2.15. The topological polar surface area (TPSA) is 55.6 Å². The molecular weight excluding hydrogens is 142 g/mol. The maximum absolute atomic E-state index is 4.08. The van der Waals surface area contributed by atoms with Gasteiger partial charge in [-0.15, -0.1) is 10.2 Å². The van der Waals surface area contributed by atoms with Crippen molar-refractivity contribution in [1.29, 1.82) is 0 Å². The third-order valence-electron chi connectivity index (χ3n) is 1.47. The molecule has 1 aromatic heterocycles. The molecule has 1 unspecified atom stereocenters. The number of nitrogens with zero attached hydrogens (tertiary/aromatic N) is 4. The molecule has 0 saturated carbocycles. The number of hydrogen-bond acceptors (Lipinski definition) is 4. The smallest absolute Gasteiger partial charge is 0.178 e. The van der Waals surface area contributed by atoms with Crippen molar-refractivity contribution < 1.29 is 0 Å². The Morgan fingerprint density at radius 3 is 2.82 bits per heavy atom. The molecule has 0 bridgehead atoms. The third kappa shape index (κ3) is 1.98. The molecule has 5 nitrogen and oxygen atoms in total. The first-order valence-electron chi connectivity index (χ1n) is 3.62. The Morgan fingerprint density at radius 1 is 1.64 bits per heavy atom. The van der Waals surface area contributed by atoms with Crippen LogP contribution in [0.2, 0.25) is 0 Å². The van der Waals surface area contributed by atoms with Crippen LogP contribution in [0.5, 0.6) is 0 Å². The van der Waals surface area contributed by atoms with Gasteiger partial charge in [-0.1, -0.05) is 6.92 Å². The molecule has 0 aliphatic carbocycles. The number of likely N-dealkylation sites (N-methyl/N-ethyl adjacent to an activating group) is 1. The van der Waals surface area contributed by atoms with Crippen LogP contribution in [0.25, 0.3) is 0 Å². The zero-order valence-electron chi connectivity index (χ0n) is 7.07. The molecule has 0 aliphatic rings. The fourth-order valence-electron chi connectivity index (χ4n) is 0.893. The van der Waals surface area contributed by atoms with Gasteiger partial charge in [0, 0.05) is 12.5 Å². The highest BCUT2D eigenvalue weighted by molar-refractivity contribution is 4.88. The van der Waals surface area contributed by atoms with Crippen LogP contribution in [0, 0.1) is 0 Å². The number of hydrogen-bond donors (Lipinski definition) is 1. The van der Waals surface area contributed by atoms with Crippen LogP contribution in [0.1, 0.15) is 18.7 Å². The van der Waals surface area contributed by atoms with Crippen molar-refractivity contribution in [2.45, 2.75) is 12.8 Å². The minimum atomic E-state index is 0.327. The number of aryl methyl sites for hydroxylation is 1. The largest absolute Gasteiger partial charge is 0.319 e. The predicted molar refractivity (Wildman–Crippen MR) is 41.1 cm³/mol. The second kappa shape index (κ2) is 3.43. The number of tetrazole rings is 1. The van der Waals surface area contributed by atoms with Gasteiger partial charge in [0.2, 0.25) is 0 Å². The second-order valence-corrected chi connectivity index (χ2v) is 2.60. The van der Waals surface area contributed by atoms with Gasteiger partial charge in [-0.25, -0.2) is 0 Å². The molecule has 0 amide bonds. The van der Waals surface area contributed by atoms with E-state index in [2.05, 4.69) is 27.7 Å². The van der Waals surface area contributed by atoms with Gasteiger partial charge in [0.05, 0.1) is 7.05 Å². The van der Waals surface area contributed by atoms with E-state index in [4.69, 9.17) is 0 Å². The van der Waals surface area contributed by atoms with Crippen molar-refractivity contribution in [1.82, 2.24) is 25.5 Å². The molecule has 0 aliphatic heterocycles. The summed E-state index contributed by atoms with van der Waals surface area (Å²) in [4.78, 5) is 1.47. The van der Waals surface area contributed by atoms with E-state index in [0.717, 1.165) is 12.4 Å². The Labute approximate surface area is 65.8 Å². The van der Waals surface area contributed by atoms with Gasteiger partial charge in [-0.3, -0.25) is 0 Å². The van der Waals surface area contributed by atoms with Crippen LogP contribution in [0.3, 0.4) is 0 Å². The van der Waals surface area contributed by atoms with E-state index in [1.807, 2.05) is 7.05 Å². The fourth-order valence-corrected chi connectivity index (χ4v) is 0.893. The number of nitrogens with one attached hydrogen (secondary N) is 1. The Kier molecular flexibility index (Phi) is 2.53. The van der Waals surface area contributed by atoms with Crippen molar-refractivity contribution in [3.8, 4) is 0 Å². The molecule has 1 N–H and O–H groups in total. The highest BCUT2D eigenvalue weighted by Crippen LogP contribution is 2.05. The summed E-state index contributed by atoms with van der Waals surface area (Å²) in [5.74, 6) is 1.12. The molecular formula is C6H13N5. The zero-order chi connectivity index (χ0) is 8.27. The highest BCUT2D eigenvalue weighted by Gasteiger charge is 2.08. The Bertz CT molecular complexity index is 219. The summed E-state index contributed by atoms with van der Waals surface area (Å²) in [6.07, 6.45) is 0. The lowest BCUT2D eigenvalue weighted by Gasteiger charge is -2.03. The van der Waals surface area contributed by atoms with Crippen LogP contribution in [-0.4, -0.2) is 33.8 Å². The minimum Gasteiger partial charge on any atom is -0.319 e. The van der Waals surface area contributed by atoms with Gasteiger partial charge in [-0.05, 0) is 12.3 Å². The minimum absolute atomic E-state index is 0.327. The van der Waals surface area contributed by atoms with E-state index < -0.39 is 0 Å². The summed E-state index contributed by atoms with van der Waals surface area (Å²) >= 11 is 0. The normalized spacial score (nSPS) is 13.4. The van der Waals surface area contributed by atoms with Crippen LogP contribution in [-0.2, 0) is 7.05 Å². The lowest BCUT2D eigenvalue weighted by molar-refractivity contribution is 0.611. The average molecular weight is 155 g/mol. The first-order chi connectivity index (χ1) is 5.24. The Morgan fingerprint density at radius 2 is 2.36 bits per heavy atom. The highest BCUT2D eigenvalue weighted by atomic mass is 15.6.